The van der Waals surface area contributed by atoms with Crippen molar-refractivity contribution < 1.29 is 0 Å². The first-order valence-electron chi connectivity index (χ1n) is 7.32. The summed E-state index contributed by atoms with van der Waals surface area (Å²) in [5.41, 5.74) is 3.83. The van der Waals surface area contributed by atoms with E-state index in [9.17, 15) is 0 Å². The second kappa shape index (κ2) is 5.87. The van der Waals surface area contributed by atoms with Crippen LogP contribution in [0.3, 0.4) is 0 Å². The van der Waals surface area contributed by atoms with Gasteiger partial charge in [0.2, 0.25) is 0 Å². The fourth-order valence-electron chi connectivity index (χ4n) is 3.14. The fraction of sp³-hybridized carbons (Fsp3) is 0.800. The lowest BCUT2D eigenvalue weighted by molar-refractivity contribution is 0.280. The Morgan fingerprint density at radius 2 is 1.94 bits per heavy atom. The van der Waals surface area contributed by atoms with E-state index in [1.165, 1.54) is 49.1 Å². The largest absolute Gasteiger partial charge is 0.310 e. The monoisotopic (exact) mass is 249 g/mol. The molecule has 1 heterocycles. The van der Waals surface area contributed by atoms with E-state index in [0.29, 0.717) is 6.04 Å². The summed E-state index contributed by atoms with van der Waals surface area (Å²) in [6.07, 6.45) is 7.08. The Morgan fingerprint density at radius 3 is 2.50 bits per heavy atom. The average molecular weight is 249 g/mol. The Kier molecular flexibility index (Phi) is 4.44. The van der Waals surface area contributed by atoms with Gasteiger partial charge in [0.25, 0.3) is 0 Å². The van der Waals surface area contributed by atoms with E-state index in [0.717, 1.165) is 12.5 Å². The number of rotatable bonds is 4. The van der Waals surface area contributed by atoms with Crippen molar-refractivity contribution in [3.63, 3.8) is 0 Å². The van der Waals surface area contributed by atoms with Crippen LogP contribution in [0.15, 0.2) is 0 Å². The topological polar surface area (TPSA) is 29.9 Å². The van der Waals surface area contributed by atoms with Crippen molar-refractivity contribution in [3.05, 3.63) is 17.0 Å². The van der Waals surface area contributed by atoms with Gasteiger partial charge >= 0.3 is 0 Å². The van der Waals surface area contributed by atoms with E-state index in [2.05, 4.69) is 31.2 Å². The van der Waals surface area contributed by atoms with Gasteiger partial charge in [0.15, 0.2) is 0 Å². The summed E-state index contributed by atoms with van der Waals surface area (Å²) >= 11 is 0. The highest BCUT2D eigenvalue weighted by Gasteiger charge is 2.20. The Hall–Kier alpha value is -0.830. The molecule has 2 rings (SSSR count). The number of aromatic nitrogens is 2. The molecule has 1 aromatic heterocycles. The van der Waals surface area contributed by atoms with Crippen LogP contribution in [0, 0.1) is 19.8 Å². The first-order chi connectivity index (χ1) is 8.59. The van der Waals surface area contributed by atoms with Crippen molar-refractivity contribution in [1.82, 2.24) is 15.1 Å². The molecule has 3 heteroatoms. The molecule has 0 radical (unpaired) electrons. The SMILES string of the molecule is Cc1nn(C)c(C)c1CNC(C)C1CCCCC1. The van der Waals surface area contributed by atoms with E-state index < -0.39 is 0 Å². The van der Waals surface area contributed by atoms with Crippen LogP contribution in [0.2, 0.25) is 0 Å². The standard InChI is InChI=1S/C15H27N3/c1-11(14-8-6-5-7-9-14)16-10-15-12(2)17-18(4)13(15)3/h11,14,16H,5-10H2,1-4H3. The molecule has 1 N–H and O–H groups in total. The molecular formula is C15H27N3. The van der Waals surface area contributed by atoms with Gasteiger partial charge in [0.1, 0.15) is 0 Å². The molecule has 18 heavy (non-hydrogen) atoms. The highest BCUT2D eigenvalue weighted by molar-refractivity contribution is 5.24. The van der Waals surface area contributed by atoms with Crippen molar-refractivity contribution in [2.24, 2.45) is 13.0 Å². The maximum absolute atomic E-state index is 4.48. The maximum Gasteiger partial charge on any atom is 0.0641 e. The number of hydrogen-bond donors (Lipinski definition) is 1. The summed E-state index contributed by atoms with van der Waals surface area (Å²) in [6.45, 7) is 7.57. The van der Waals surface area contributed by atoms with Crippen LogP contribution in [0.25, 0.3) is 0 Å². The van der Waals surface area contributed by atoms with Crippen LogP contribution in [-0.2, 0) is 13.6 Å². The van der Waals surface area contributed by atoms with Crippen molar-refractivity contribution in [3.8, 4) is 0 Å². The first-order valence-corrected chi connectivity index (χ1v) is 7.32. The highest BCUT2D eigenvalue weighted by Crippen LogP contribution is 2.26. The van der Waals surface area contributed by atoms with Gasteiger partial charge in [-0.15, -0.1) is 0 Å². The van der Waals surface area contributed by atoms with Crippen molar-refractivity contribution in [1.29, 1.82) is 0 Å². The summed E-state index contributed by atoms with van der Waals surface area (Å²) < 4.78 is 1.98. The van der Waals surface area contributed by atoms with Crippen LogP contribution in [0.5, 0.6) is 0 Å². The zero-order valence-electron chi connectivity index (χ0n) is 12.3. The molecule has 0 aromatic carbocycles. The van der Waals surface area contributed by atoms with Crippen LogP contribution in [-0.4, -0.2) is 15.8 Å². The average Bonchev–Trinajstić information content (AvgIpc) is 2.62. The second-order valence-electron chi connectivity index (χ2n) is 5.84. The van der Waals surface area contributed by atoms with Gasteiger partial charge in [-0.25, -0.2) is 0 Å². The zero-order valence-corrected chi connectivity index (χ0v) is 12.3. The Balaban J connectivity index is 1.90. The second-order valence-corrected chi connectivity index (χ2v) is 5.84. The molecule has 0 bridgehead atoms. The third-order valence-electron chi connectivity index (χ3n) is 4.62. The van der Waals surface area contributed by atoms with Crippen molar-refractivity contribution >= 4 is 0 Å². The third kappa shape index (κ3) is 2.94. The molecule has 3 nitrogen and oxygen atoms in total. The summed E-state index contributed by atoms with van der Waals surface area (Å²) in [5.74, 6) is 0.871. The van der Waals surface area contributed by atoms with E-state index in [4.69, 9.17) is 0 Å². The predicted octanol–water partition coefficient (Wildman–Crippen LogP) is 3.10. The van der Waals surface area contributed by atoms with Crippen LogP contribution in [0.1, 0.15) is 56.0 Å². The minimum atomic E-state index is 0.629. The molecule has 1 aliphatic carbocycles. The lowest BCUT2D eigenvalue weighted by Gasteiger charge is -2.28. The molecule has 1 saturated carbocycles. The van der Waals surface area contributed by atoms with Gasteiger partial charge in [-0.2, -0.15) is 5.10 Å². The maximum atomic E-state index is 4.48. The number of nitrogens with one attached hydrogen (secondary N) is 1. The summed E-state index contributed by atoms with van der Waals surface area (Å²) in [5, 5.41) is 8.19. The molecular weight excluding hydrogens is 222 g/mol. The van der Waals surface area contributed by atoms with Crippen molar-refractivity contribution in [2.45, 2.75) is 65.5 Å². The highest BCUT2D eigenvalue weighted by atomic mass is 15.3. The normalized spacial score (nSPS) is 19.1. The molecule has 1 aliphatic rings. The van der Waals surface area contributed by atoms with Crippen LogP contribution >= 0.6 is 0 Å². The molecule has 0 aliphatic heterocycles. The quantitative estimate of drug-likeness (QED) is 0.888. The molecule has 1 unspecified atom stereocenters. The van der Waals surface area contributed by atoms with Crippen molar-refractivity contribution in [2.75, 3.05) is 0 Å². The minimum Gasteiger partial charge on any atom is -0.310 e. The molecule has 1 aromatic rings. The van der Waals surface area contributed by atoms with Gasteiger partial charge in [0.05, 0.1) is 5.69 Å². The molecule has 1 atom stereocenters. The fourth-order valence-corrected chi connectivity index (χ4v) is 3.14. The van der Waals surface area contributed by atoms with Crippen LogP contribution < -0.4 is 5.32 Å². The molecule has 0 spiro atoms. The third-order valence-corrected chi connectivity index (χ3v) is 4.62. The Bertz CT molecular complexity index is 389. The number of nitrogens with zero attached hydrogens (tertiary/aromatic N) is 2. The number of hydrogen-bond acceptors (Lipinski definition) is 2. The summed E-state index contributed by atoms with van der Waals surface area (Å²) in [6, 6.07) is 0.629. The van der Waals surface area contributed by atoms with E-state index >= 15 is 0 Å². The van der Waals surface area contributed by atoms with Crippen LogP contribution in [0.4, 0.5) is 0 Å². The van der Waals surface area contributed by atoms with Gasteiger partial charge in [0, 0.05) is 30.9 Å². The van der Waals surface area contributed by atoms with Gasteiger partial charge < -0.3 is 5.32 Å². The summed E-state index contributed by atoms with van der Waals surface area (Å²) in [4.78, 5) is 0. The molecule has 0 saturated heterocycles. The molecule has 0 amide bonds. The van der Waals surface area contributed by atoms with E-state index in [1.54, 1.807) is 0 Å². The smallest absolute Gasteiger partial charge is 0.0641 e. The predicted molar refractivity (Wildman–Crippen MR) is 75.6 cm³/mol. The zero-order chi connectivity index (χ0) is 13.1. The minimum absolute atomic E-state index is 0.629. The lowest BCUT2D eigenvalue weighted by Crippen LogP contribution is -2.34. The Morgan fingerprint density at radius 1 is 1.28 bits per heavy atom. The summed E-state index contributed by atoms with van der Waals surface area (Å²) in [7, 11) is 2.02. The van der Waals surface area contributed by atoms with E-state index in [-0.39, 0.29) is 0 Å². The molecule has 1 fully saturated rings. The van der Waals surface area contributed by atoms with Gasteiger partial charge in [-0.1, -0.05) is 19.3 Å². The van der Waals surface area contributed by atoms with E-state index in [1.807, 2.05) is 11.7 Å². The van der Waals surface area contributed by atoms with Gasteiger partial charge in [-0.05, 0) is 39.5 Å². The first kappa shape index (κ1) is 13.6. The number of aryl methyl sites for hydroxylation is 2. The Labute approximate surface area is 111 Å². The lowest BCUT2D eigenvalue weighted by atomic mass is 9.84. The molecule has 102 valence electrons. The van der Waals surface area contributed by atoms with Gasteiger partial charge in [-0.3, -0.25) is 4.68 Å².